The zero-order valence-corrected chi connectivity index (χ0v) is 34.8. The first kappa shape index (κ1) is 51.6. The Balaban J connectivity index is 1.84. The number of esters is 1. The topological polar surface area (TPSA) is 214 Å². The van der Waals surface area contributed by atoms with Gasteiger partial charge in [0.1, 0.15) is 54.9 Å². The van der Waals surface area contributed by atoms with E-state index in [0.717, 1.165) is 70.6 Å². The monoisotopic (exact) mass is 819 g/mol. The summed E-state index contributed by atoms with van der Waals surface area (Å²) in [5, 5.41) is 71.8. The summed E-state index contributed by atoms with van der Waals surface area (Å²) in [5.74, 6) is -0.391. The minimum absolute atomic E-state index is 0.0550. The molecule has 2 rings (SSSR count). The van der Waals surface area contributed by atoms with Gasteiger partial charge in [-0.05, 0) is 57.8 Å². The minimum Gasteiger partial charge on any atom is -0.457 e. The van der Waals surface area contributed by atoms with Crippen molar-refractivity contribution < 1.29 is 69.0 Å². The molecule has 14 nitrogen and oxygen atoms in total. The lowest BCUT2D eigenvalue weighted by Crippen LogP contribution is -2.61. The zero-order chi connectivity index (χ0) is 41.7. The van der Waals surface area contributed by atoms with Crippen LogP contribution in [0.5, 0.6) is 0 Å². The third-order valence-corrected chi connectivity index (χ3v) is 10.4. The van der Waals surface area contributed by atoms with E-state index in [1.807, 2.05) is 0 Å². The molecule has 14 heteroatoms. The van der Waals surface area contributed by atoms with Gasteiger partial charge >= 0.3 is 5.97 Å². The van der Waals surface area contributed by atoms with Crippen LogP contribution < -0.4 is 0 Å². The predicted molar refractivity (Wildman–Crippen MR) is 215 cm³/mol. The minimum atomic E-state index is -1.70. The summed E-state index contributed by atoms with van der Waals surface area (Å²) < 4.78 is 34.0. The summed E-state index contributed by atoms with van der Waals surface area (Å²) in [6.45, 7) is 3.55. The molecule has 2 fully saturated rings. The van der Waals surface area contributed by atoms with Crippen LogP contribution in [0.4, 0.5) is 0 Å². The van der Waals surface area contributed by atoms with Crippen LogP contribution in [0.3, 0.4) is 0 Å². The number of aliphatic hydroxyl groups is 7. The Morgan fingerprint density at radius 2 is 1.07 bits per heavy atom. The van der Waals surface area contributed by atoms with Gasteiger partial charge in [-0.15, -0.1) is 0 Å². The summed E-state index contributed by atoms with van der Waals surface area (Å²) in [6.07, 6.45) is 14.0. The van der Waals surface area contributed by atoms with E-state index >= 15 is 0 Å². The second-order valence-corrected chi connectivity index (χ2v) is 15.5. The van der Waals surface area contributed by atoms with Gasteiger partial charge in [0.05, 0.1) is 26.4 Å². The number of aliphatic hydroxyl groups excluding tert-OH is 7. The van der Waals surface area contributed by atoms with Gasteiger partial charge < -0.3 is 64.2 Å². The standard InChI is InChI=1S/C43H78O14/c1-3-5-7-9-11-13-15-16-18-20-22-24-26-35(45)55-32(29-52-27-25-23-21-19-17-14-12-10-8-6-4-2)30-53-42-41(51)39(49)37(47)34(57-42)31-54-43-40(50)38(48)36(46)33(28-44)56-43/h8,10-11,13,32-34,36-44,46-51H,3-7,9,12,14-31H2,1-2H3/b10-8-,13-11-. The molecule has 7 N–H and O–H groups in total. The van der Waals surface area contributed by atoms with Gasteiger partial charge in [-0.25, -0.2) is 0 Å². The first-order chi connectivity index (χ1) is 27.6. The second kappa shape index (κ2) is 32.3. The summed E-state index contributed by atoms with van der Waals surface area (Å²) in [7, 11) is 0. The molecule has 0 bridgehead atoms. The second-order valence-electron chi connectivity index (χ2n) is 15.5. The third kappa shape index (κ3) is 21.5. The number of allylic oxidation sites excluding steroid dienone is 4. The Bertz CT molecular complexity index is 1040. The molecule has 0 aliphatic carbocycles. The lowest BCUT2D eigenvalue weighted by molar-refractivity contribution is -0.332. The molecule has 2 aliphatic heterocycles. The average molecular weight is 819 g/mol. The fourth-order valence-corrected chi connectivity index (χ4v) is 6.75. The van der Waals surface area contributed by atoms with Gasteiger partial charge in [0, 0.05) is 13.0 Å². The van der Waals surface area contributed by atoms with Crippen LogP contribution in [0.25, 0.3) is 0 Å². The maximum atomic E-state index is 12.9. The molecule has 11 unspecified atom stereocenters. The smallest absolute Gasteiger partial charge is 0.306 e. The van der Waals surface area contributed by atoms with Crippen molar-refractivity contribution in [1.82, 2.24) is 0 Å². The van der Waals surface area contributed by atoms with Gasteiger partial charge in [0.2, 0.25) is 0 Å². The van der Waals surface area contributed by atoms with E-state index in [1.54, 1.807) is 0 Å². The molecule has 11 atom stereocenters. The molecule has 0 radical (unpaired) electrons. The fourth-order valence-electron chi connectivity index (χ4n) is 6.75. The fraction of sp³-hybridized carbons (Fsp3) is 0.884. The summed E-state index contributed by atoms with van der Waals surface area (Å²) >= 11 is 0. The zero-order valence-electron chi connectivity index (χ0n) is 34.8. The molecular weight excluding hydrogens is 740 g/mol. The van der Waals surface area contributed by atoms with Crippen molar-refractivity contribution >= 4 is 5.97 Å². The molecule has 0 amide bonds. The predicted octanol–water partition coefficient (Wildman–Crippen LogP) is 4.51. The molecule has 2 saturated heterocycles. The highest BCUT2D eigenvalue weighted by Gasteiger charge is 2.47. The number of carbonyl (C=O) groups is 1. The van der Waals surface area contributed by atoms with Crippen LogP contribution in [0.1, 0.15) is 142 Å². The Hall–Kier alpha value is -1.53. The maximum absolute atomic E-state index is 12.9. The maximum Gasteiger partial charge on any atom is 0.306 e. The number of ether oxygens (including phenoxy) is 6. The molecule has 57 heavy (non-hydrogen) atoms. The van der Waals surface area contributed by atoms with Crippen LogP contribution in [0, 0.1) is 0 Å². The quantitative estimate of drug-likeness (QED) is 0.0276. The SMILES string of the molecule is CCC/C=C\CCCCCCCCOCC(COC1OC(COC2OC(CO)C(O)C(O)C2O)C(O)C(O)C1O)OC(=O)CCCCCCC/C=C\CCCCC. The van der Waals surface area contributed by atoms with Gasteiger partial charge in [-0.2, -0.15) is 0 Å². The molecule has 0 aromatic heterocycles. The van der Waals surface area contributed by atoms with Crippen LogP contribution >= 0.6 is 0 Å². The summed E-state index contributed by atoms with van der Waals surface area (Å²) in [4.78, 5) is 12.9. The van der Waals surface area contributed by atoms with Crippen molar-refractivity contribution in [3.05, 3.63) is 24.3 Å². The molecule has 0 aromatic rings. The molecule has 2 aliphatic rings. The van der Waals surface area contributed by atoms with Crippen molar-refractivity contribution in [2.24, 2.45) is 0 Å². The average Bonchev–Trinajstić information content (AvgIpc) is 3.20. The normalized spacial score (nSPS) is 28.7. The van der Waals surface area contributed by atoms with Crippen LogP contribution in [-0.2, 0) is 33.2 Å². The lowest BCUT2D eigenvalue weighted by Gasteiger charge is -2.42. The highest BCUT2D eigenvalue weighted by Crippen LogP contribution is 2.26. The van der Waals surface area contributed by atoms with E-state index < -0.39 is 86.7 Å². The Kier molecular flexibility index (Phi) is 29.2. The number of hydrogen-bond acceptors (Lipinski definition) is 14. The molecule has 0 spiro atoms. The van der Waals surface area contributed by atoms with Crippen LogP contribution in [-0.4, -0.2) is 142 Å². The Morgan fingerprint density at radius 3 is 1.67 bits per heavy atom. The van der Waals surface area contributed by atoms with Crippen molar-refractivity contribution in [3.63, 3.8) is 0 Å². The van der Waals surface area contributed by atoms with Crippen molar-refractivity contribution in [2.75, 3.05) is 33.0 Å². The Labute approximate surface area is 341 Å². The number of rotatable bonds is 33. The van der Waals surface area contributed by atoms with Gasteiger partial charge in [-0.1, -0.05) is 102 Å². The van der Waals surface area contributed by atoms with E-state index in [1.165, 1.54) is 44.9 Å². The van der Waals surface area contributed by atoms with Crippen LogP contribution in [0.15, 0.2) is 24.3 Å². The van der Waals surface area contributed by atoms with Gasteiger partial charge in [-0.3, -0.25) is 4.79 Å². The van der Waals surface area contributed by atoms with Crippen molar-refractivity contribution in [2.45, 2.75) is 210 Å². The first-order valence-corrected chi connectivity index (χ1v) is 21.9. The van der Waals surface area contributed by atoms with E-state index in [9.17, 15) is 40.5 Å². The number of hydrogen-bond donors (Lipinski definition) is 7. The summed E-state index contributed by atoms with van der Waals surface area (Å²) in [6, 6.07) is 0. The van der Waals surface area contributed by atoms with Gasteiger partial charge in [0.25, 0.3) is 0 Å². The molecule has 0 saturated carbocycles. The largest absolute Gasteiger partial charge is 0.457 e. The van der Waals surface area contributed by atoms with E-state index in [4.69, 9.17) is 28.4 Å². The van der Waals surface area contributed by atoms with E-state index in [0.29, 0.717) is 13.0 Å². The molecular formula is C43H78O14. The number of unbranched alkanes of at least 4 members (excludes halogenated alkanes) is 15. The van der Waals surface area contributed by atoms with Crippen molar-refractivity contribution in [3.8, 4) is 0 Å². The number of carbonyl (C=O) groups excluding carboxylic acids is 1. The summed E-state index contributed by atoms with van der Waals surface area (Å²) in [5.41, 5.74) is 0. The Morgan fingerprint density at radius 1 is 0.561 bits per heavy atom. The van der Waals surface area contributed by atoms with Crippen LogP contribution in [0.2, 0.25) is 0 Å². The third-order valence-electron chi connectivity index (χ3n) is 10.4. The first-order valence-electron chi connectivity index (χ1n) is 21.9. The van der Waals surface area contributed by atoms with E-state index in [2.05, 4.69) is 38.2 Å². The van der Waals surface area contributed by atoms with Gasteiger partial charge in [0.15, 0.2) is 12.6 Å². The molecule has 2 heterocycles. The molecule has 0 aromatic carbocycles. The highest BCUT2D eigenvalue weighted by atomic mass is 16.7. The lowest BCUT2D eigenvalue weighted by atomic mass is 9.98. The highest BCUT2D eigenvalue weighted by molar-refractivity contribution is 5.69. The van der Waals surface area contributed by atoms with E-state index in [-0.39, 0.29) is 19.6 Å². The van der Waals surface area contributed by atoms with Crippen molar-refractivity contribution in [1.29, 1.82) is 0 Å². The molecule has 334 valence electrons.